The number of nitriles is 1. The monoisotopic (exact) mass is 368 g/mol. The van der Waals surface area contributed by atoms with Gasteiger partial charge < -0.3 is 10.1 Å². The highest BCUT2D eigenvalue weighted by Gasteiger charge is 2.16. The fourth-order valence-electron chi connectivity index (χ4n) is 2.12. The van der Waals surface area contributed by atoms with Gasteiger partial charge in [0.05, 0.1) is 11.1 Å². The van der Waals surface area contributed by atoms with Crippen LogP contribution in [0.15, 0.2) is 58.3 Å². The van der Waals surface area contributed by atoms with Crippen LogP contribution < -0.4 is 5.32 Å². The Morgan fingerprint density at radius 3 is 2.50 bits per heavy atom. The highest BCUT2D eigenvalue weighted by Crippen LogP contribution is 2.32. The van der Waals surface area contributed by atoms with Crippen LogP contribution in [0, 0.1) is 11.3 Å². The second-order valence-corrected chi connectivity index (χ2v) is 6.74. The van der Waals surface area contributed by atoms with E-state index in [1.165, 1.54) is 11.8 Å². The second kappa shape index (κ2) is 9.64. The van der Waals surface area contributed by atoms with Crippen LogP contribution in [-0.2, 0) is 9.53 Å². The third-order valence-corrected chi connectivity index (χ3v) is 4.84. The van der Waals surface area contributed by atoms with Gasteiger partial charge in [-0.1, -0.05) is 43.0 Å². The lowest BCUT2D eigenvalue weighted by Gasteiger charge is -2.12. The van der Waals surface area contributed by atoms with Crippen molar-refractivity contribution in [2.75, 3.05) is 6.61 Å². The molecule has 134 valence electrons. The van der Waals surface area contributed by atoms with Crippen molar-refractivity contribution in [3.05, 3.63) is 59.7 Å². The van der Waals surface area contributed by atoms with Gasteiger partial charge in [-0.25, -0.2) is 4.79 Å². The van der Waals surface area contributed by atoms with Crippen molar-refractivity contribution in [1.82, 2.24) is 5.32 Å². The molecule has 0 bridgehead atoms. The van der Waals surface area contributed by atoms with E-state index in [4.69, 9.17) is 4.74 Å². The summed E-state index contributed by atoms with van der Waals surface area (Å²) in [5, 5.41) is 12.0. The minimum Gasteiger partial charge on any atom is -0.452 e. The van der Waals surface area contributed by atoms with Crippen molar-refractivity contribution >= 4 is 23.6 Å². The smallest absolute Gasteiger partial charge is 0.339 e. The number of rotatable bonds is 7. The molecule has 0 aliphatic carbocycles. The third-order valence-electron chi connectivity index (χ3n) is 3.69. The predicted molar refractivity (Wildman–Crippen MR) is 99.9 cm³/mol. The second-order valence-electron chi connectivity index (χ2n) is 5.66. The predicted octanol–water partition coefficient (Wildman–Crippen LogP) is 3.78. The maximum Gasteiger partial charge on any atom is 0.339 e. The average Bonchev–Trinajstić information content (AvgIpc) is 2.66. The van der Waals surface area contributed by atoms with Crippen molar-refractivity contribution in [3.63, 3.8) is 0 Å². The number of hydrogen-bond donors (Lipinski definition) is 1. The van der Waals surface area contributed by atoms with Gasteiger partial charge in [-0.3, -0.25) is 4.79 Å². The summed E-state index contributed by atoms with van der Waals surface area (Å²) in [6.07, 6.45) is 0.803. The molecule has 1 amide bonds. The summed E-state index contributed by atoms with van der Waals surface area (Å²) in [6.45, 7) is 3.53. The standard InChI is InChI=1S/C20H20N2O3S/c1-3-14(2)22-19(23)13-25-20(24)16-9-5-7-11-18(16)26-17-10-6-4-8-15(17)12-21/h4-11,14H,3,13H2,1-2H3,(H,22,23)/t14-/m0/s1. The largest absolute Gasteiger partial charge is 0.452 e. The molecular weight excluding hydrogens is 348 g/mol. The van der Waals surface area contributed by atoms with Crippen LogP contribution in [0.4, 0.5) is 0 Å². The van der Waals surface area contributed by atoms with Crippen molar-refractivity contribution < 1.29 is 14.3 Å². The Hall–Kier alpha value is -2.78. The molecule has 2 aromatic carbocycles. The van der Waals surface area contributed by atoms with Crippen LogP contribution in [0.1, 0.15) is 36.2 Å². The van der Waals surface area contributed by atoms with Gasteiger partial charge in [-0.2, -0.15) is 5.26 Å². The number of nitrogens with one attached hydrogen (secondary N) is 1. The van der Waals surface area contributed by atoms with Gasteiger partial charge in [0.25, 0.3) is 5.91 Å². The maximum atomic E-state index is 12.4. The van der Waals surface area contributed by atoms with Crippen LogP contribution in [0.25, 0.3) is 0 Å². The molecule has 1 atom stereocenters. The Kier molecular flexibility index (Phi) is 7.24. The molecule has 2 rings (SSSR count). The molecule has 0 aliphatic heterocycles. The Morgan fingerprint density at radius 2 is 1.81 bits per heavy atom. The number of ether oxygens (including phenoxy) is 1. The summed E-state index contributed by atoms with van der Waals surface area (Å²) >= 11 is 1.32. The van der Waals surface area contributed by atoms with Gasteiger partial charge in [0.15, 0.2) is 6.61 Å². The van der Waals surface area contributed by atoms with E-state index in [0.717, 1.165) is 11.3 Å². The van der Waals surface area contributed by atoms with E-state index >= 15 is 0 Å². The fourth-order valence-corrected chi connectivity index (χ4v) is 3.13. The summed E-state index contributed by atoms with van der Waals surface area (Å²) in [6, 6.07) is 16.3. The lowest BCUT2D eigenvalue weighted by atomic mass is 10.2. The molecule has 0 unspecified atom stereocenters. The molecule has 0 fully saturated rings. The van der Waals surface area contributed by atoms with Gasteiger partial charge in [0.1, 0.15) is 6.07 Å². The van der Waals surface area contributed by atoms with Gasteiger partial charge in [-0.05, 0) is 37.6 Å². The zero-order chi connectivity index (χ0) is 18.9. The van der Waals surface area contributed by atoms with Crippen molar-refractivity contribution in [2.45, 2.75) is 36.1 Å². The zero-order valence-electron chi connectivity index (χ0n) is 14.7. The summed E-state index contributed by atoms with van der Waals surface area (Å²) in [5.41, 5.74) is 0.898. The first-order valence-corrected chi connectivity index (χ1v) is 9.09. The van der Waals surface area contributed by atoms with Crippen LogP contribution in [-0.4, -0.2) is 24.5 Å². The van der Waals surface area contributed by atoms with Crippen molar-refractivity contribution in [1.29, 1.82) is 5.26 Å². The number of esters is 1. The minimum absolute atomic E-state index is 0.0338. The number of amides is 1. The molecule has 2 aromatic rings. The molecule has 0 radical (unpaired) electrons. The first-order chi connectivity index (χ1) is 12.5. The van der Waals surface area contributed by atoms with Gasteiger partial charge in [-0.15, -0.1) is 0 Å². The lowest BCUT2D eigenvalue weighted by Crippen LogP contribution is -2.35. The summed E-state index contributed by atoms with van der Waals surface area (Å²) in [4.78, 5) is 25.6. The van der Waals surface area contributed by atoms with Gasteiger partial charge in [0.2, 0.25) is 0 Å². The summed E-state index contributed by atoms with van der Waals surface area (Å²) in [7, 11) is 0. The summed E-state index contributed by atoms with van der Waals surface area (Å²) < 4.78 is 5.14. The van der Waals surface area contributed by atoms with Gasteiger partial charge in [0, 0.05) is 15.8 Å². The Labute approximate surface area is 157 Å². The Bertz CT molecular complexity index is 830. The SMILES string of the molecule is CC[C@H](C)NC(=O)COC(=O)c1ccccc1Sc1ccccc1C#N. The average molecular weight is 368 g/mol. The number of nitrogens with zero attached hydrogens (tertiary/aromatic N) is 1. The number of hydrogen-bond acceptors (Lipinski definition) is 5. The van der Waals surface area contributed by atoms with E-state index in [2.05, 4.69) is 11.4 Å². The highest BCUT2D eigenvalue weighted by atomic mass is 32.2. The number of carbonyl (C=O) groups excluding carboxylic acids is 2. The molecule has 6 heteroatoms. The molecule has 26 heavy (non-hydrogen) atoms. The van der Waals surface area contributed by atoms with Crippen LogP contribution >= 0.6 is 11.8 Å². The molecule has 1 N–H and O–H groups in total. The zero-order valence-corrected chi connectivity index (χ0v) is 15.5. The first-order valence-electron chi connectivity index (χ1n) is 8.27. The van der Waals surface area contributed by atoms with Crippen LogP contribution in [0.5, 0.6) is 0 Å². The van der Waals surface area contributed by atoms with E-state index in [1.807, 2.05) is 32.0 Å². The Morgan fingerprint density at radius 1 is 1.15 bits per heavy atom. The van der Waals surface area contributed by atoms with Crippen molar-refractivity contribution in [3.8, 4) is 6.07 Å². The third kappa shape index (κ3) is 5.36. The topological polar surface area (TPSA) is 79.2 Å². The molecule has 0 spiro atoms. The quantitative estimate of drug-likeness (QED) is 0.753. The van der Waals surface area contributed by atoms with E-state index in [9.17, 15) is 14.9 Å². The molecule has 5 nitrogen and oxygen atoms in total. The number of carbonyl (C=O) groups is 2. The normalized spacial score (nSPS) is 11.3. The molecule has 0 aliphatic rings. The van der Waals surface area contributed by atoms with Crippen LogP contribution in [0.3, 0.4) is 0 Å². The van der Waals surface area contributed by atoms with Crippen LogP contribution in [0.2, 0.25) is 0 Å². The highest BCUT2D eigenvalue weighted by molar-refractivity contribution is 7.99. The molecular formula is C20H20N2O3S. The first kappa shape index (κ1) is 19.5. The number of benzene rings is 2. The van der Waals surface area contributed by atoms with Crippen molar-refractivity contribution in [2.24, 2.45) is 0 Å². The van der Waals surface area contributed by atoms with E-state index < -0.39 is 5.97 Å². The molecule has 0 aromatic heterocycles. The molecule has 0 heterocycles. The Balaban J connectivity index is 2.10. The van der Waals surface area contributed by atoms with Gasteiger partial charge >= 0.3 is 5.97 Å². The van der Waals surface area contributed by atoms with E-state index in [1.54, 1.807) is 30.3 Å². The van der Waals surface area contributed by atoms with E-state index in [-0.39, 0.29) is 18.6 Å². The lowest BCUT2D eigenvalue weighted by molar-refractivity contribution is -0.124. The molecule has 0 saturated heterocycles. The molecule has 0 saturated carbocycles. The minimum atomic E-state index is -0.568. The van der Waals surface area contributed by atoms with E-state index in [0.29, 0.717) is 16.0 Å². The maximum absolute atomic E-state index is 12.4. The summed E-state index contributed by atoms with van der Waals surface area (Å²) in [5.74, 6) is -0.894. The fraction of sp³-hybridized carbons (Fsp3) is 0.250.